The molecule has 0 spiro atoms. The highest BCUT2D eigenvalue weighted by atomic mass is 35.5. The van der Waals surface area contributed by atoms with Crippen LogP contribution in [-0.4, -0.2) is 23.3 Å². The van der Waals surface area contributed by atoms with Crippen molar-refractivity contribution in [3.8, 4) is 0 Å². The van der Waals surface area contributed by atoms with E-state index in [0.717, 1.165) is 24.8 Å². The zero-order valence-corrected chi connectivity index (χ0v) is 11.8. The average Bonchev–Trinajstić information content (AvgIpc) is 2.36. The minimum absolute atomic E-state index is 0.0538. The van der Waals surface area contributed by atoms with E-state index in [-0.39, 0.29) is 5.91 Å². The van der Waals surface area contributed by atoms with Crippen LogP contribution in [0.15, 0.2) is 18.5 Å². The number of hydrogen-bond acceptors (Lipinski definition) is 2. The Morgan fingerprint density at radius 3 is 2.83 bits per heavy atom. The monoisotopic (exact) mass is 268 g/mol. The number of aryl methyl sites for hydroxylation is 1. The first-order chi connectivity index (χ1) is 8.67. The molecule has 18 heavy (non-hydrogen) atoms. The normalized spacial score (nSPS) is 12.2. The topological polar surface area (TPSA) is 42.0 Å². The minimum Gasteiger partial charge on any atom is -0.352 e. The van der Waals surface area contributed by atoms with Crippen molar-refractivity contribution < 1.29 is 4.79 Å². The van der Waals surface area contributed by atoms with Crippen molar-refractivity contribution in [2.75, 3.05) is 12.4 Å². The van der Waals surface area contributed by atoms with Crippen molar-refractivity contribution in [2.45, 2.75) is 33.1 Å². The van der Waals surface area contributed by atoms with Crippen LogP contribution in [0.5, 0.6) is 0 Å². The fourth-order valence-corrected chi connectivity index (χ4v) is 2.24. The molecule has 0 bridgehead atoms. The van der Waals surface area contributed by atoms with Crippen molar-refractivity contribution >= 4 is 17.5 Å². The van der Waals surface area contributed by atoms with E-state index in [0.29, 0.717) is 23.9 Å². The molecule has 0 radical (unpaired) electrons. The molecular formula is C14H21ClN2O. The molecule has 0 saturated carbocycles. The molecule has 1 unspecified atom stereocenters. The molecule has 1 aromatic heterocycles. The first kappa shape index (κ1) is 15.0. The summed E-state index contributed by atoms with van der Waals surface area (Å²) in [5.41, 5.74) is 1.62. The molecule has 3 nitrogen and oxygen atoms in total. The van der Waals surface area contributed by atoms with Gasteiger partial charge in [0.15, 0.2) is 0 Å². The maximum atomic E-state index is 11.9. The van der Waals surface area contributed by atoms with Crippen LogP contribution in [-0.2, 0) is 0 Å². The van der Waals surface area contributed by atoms with Gasteiger partial charge in [0.2, 0.25) is 0 Å². The molecule has 1 amide bonds. The van der Waals surface area contributed by atoms with E-state index in [1.807, 2.05) is 13.0 Å². The lowest BCUT2D eigenvalue weighted by Gasteiger charge is -2.15. The number of nitrogens with one attached hydrogen (secondary N) is 1. The summed E-state index contributed by atoms with van der Waals surface area (Å²) in [5, 5.41) is 2.96. The minimum atomic E-state index is -0.0538. The van der Waals surface area contributed by atoms with Gasteiger partial charge in [-0.05, 0) is 37.3 Å². The van der Waals surface area contributed by atoms with Crippen LogP contribution in [0.4, 0.5) is 0 Å². The second kappa shape index (κ2) is 8.09. The van der Waals surface area contributed by atoms with E-state index in [2.05, 4.69) is 17.2 Å². The summed E-state index contributed by atoms with van der Waals surface area (Å²) in [7, 11) is 0. The lowest BCUT2D eigenvalue weighted by atomic mass is 10.0. The van der Waals surface area contributed by atoms with E-state index < -0.39 is 0 Å². The largest absolute Gasteiger partial charge is 0.352 e. The molecule has 0 aliphatic rings. The molecule has 1 aromatic rings. The average molecular weight is 269 g/mol. The zero-order valence-electron chi connectivity index (χ0n) is 11.1. The van der Waals surface area contributed by atoms with Crippen LogP contribution in [0.25, 0.3) is 0 Å². The Hall–Kier alpha value is -1.09. The number of rotatable bonds is 7. The summed E-state index contributed by atoms with van der Waals surface area (Å²) < 4.78 is 0. The van der Waals surface area contributed by atoms with Gasteiger partial charge in [-0.2, -0.15) is 0 Å². The van der Waals surface area contributed by atoms with Crippen LogP contribution < -0.4 is 5.32 Å². The number of halogens is 1. The molecule has 1 rings (SSSR count). The fourth-order valence-electron chi connectivity index (χ4n) is 1.93. The van der Waals surface area contributed by atoms with Crippen LogP contribution in [0.3, 0.4) is 0 Å². The molecular weight excluding hydrogens is 248 g/mol. The standard InChI is InChI=1S/C14H21ClN2O/c1-3-4-12(5-6-15)9-17-14(18)13-7-11(2)8-16-10-13/h7-8,10,12H,3-6,9H2,1-2H3,(H,17,18). The Balaban J connectivity index is 2.49. The SMILES string of the molecule is CCCC(CCCl)CNC(=O)c1cncc(C)c1. The van der Waals surface area contributed by atoms with Crippen molar-refractivity contribution in [3.05, 3.63) is 29.6 Å². The van der Waals surface area contributed by atoms with Crippen LogP contribution >= 0.6 is 11.6 Å². The van der Waals surface area contributed by atoms with Gasteiger partial charge in [-0.1, -0.05) is 13.3 Å². The van der Waals surface area contributed by atoms with E-state index in [1.165, 1.54) is 0 Å². The summed E-state index contributed by atoms with van der Waals surface area (Å²) in [6, 6.07) is 1.85. The van der Waals surface area contributed by atoms with Gasteiger partial charge in [0.1, 0.15) is 0 Å². The molecule has 0 saturated heterocycles. The Morgan fingerprint density at radius 1 is 1.44 bits per heavy atom. The van der Waals surface area contributed by atoms with Crippen molar-refractivity contribution in [1.29, 1.82) is 0 Å². The third-order valence-corrected chi connectivity index (χ3v) is 3.12. The lowest BCUT2D eigenvalue weighted by Crippen LogP contribution is -2.29. The van der Waals surface area contributed by atoms with Crippen molar-refractivity contribution in [3.63, 3.8) is 0 Å². The van der Waals surface area contributed by atoms with E-state index in [1.54, 1.807) is 12.4 Å². The number of amides is 1. The first-order valence-corrected chi connectivity index (χ1v) is 6.96. The van der Waals surface area contributed by atoms with E-state index in [9.17, 15) is 4.79 Å². The molecule has 0 fully saturated rings. The van der Waals surface area contributed by atoms with Crippen LogP contribution in [0, 0.1) is 12.8 Å². The smallest absolute Gasteiger partial charge is 0.252 e. The maximum Gasteiger partial charge on any atom is 0.252 e. The highest BCUT2D eigenvalue weighted by Gasteiger charge is 2.11. The molecule has 0 aromatic carbocycles. The summed E-state index contributed by atoms with van der Waals surface area (Å²) in [6.07, 6.45) is 6.49. The number of aromatic nitrogens is 1. The Bertz CT molecular complexity index is 376. The third-order valence-electron chi connectivity index (χ3n) is 2.90. The van der Waals surface area contributed by atoms with Gasteiger partial charge in [-0.3, -0.25) is 9.78 Å². The molecule has 0 aliphatic heterocycles. The van der Waals surface area contributed by atoms with Crippen molar-refractivity contribution in [2.24, 2.45) is 5.92 Å². The Morgan fingerprint density at radius 2 is 2.22 bits per heavy atom. The first-order valence-electron chi connectivity index (χ1n) is 6.43. The van der Waals surface area contributed by atoms with Gasteiger partial charge in [0.05, 0.1) is 5.56 Å². The van der Waals surface area contributed by atoms with Gasteiger partial charge in [0, 0.05) is 24.8 Å². The molecule has 0 aliphatic carbocycles. The predicted molar refractivity (Wildman–Crippen MR) is 75.0 cm³/mol. The number of nitrogens with zero attached hydrogens (tertiary/aromatic N) is 1. The number of alkyl halides is 1. The van der Waals surface area contributed by atoms with Crippen LogP contribution in [0.2, 0.25) is 0 Å². The van der Waals surface area contributed by atoms with Gasteiger partial charge < -0.3 is 5.32 Å². The molecule has 100 valence electrons. The van der Waals surface area contributed by atoms with Gasteiger partial charge in [0.25, 0.3) is 5.91 Å². The molecule has 1 atom stereocenters. The van der Waals surface area contributed by atoms with Gasteiger partial charge >= 0.3 is 0 Å². The number of carbonyl (C=O) groups is 1. The van der Waals surface area contributed by atoms with Gasteiger partial charge in [-0.15, -0.1) is 11.6 Å². The zero-order chi connectivity index (χ0) is 13.4. The van der Waals surface area contributed by atoms with E-state index in [4.69, 9.17) is 11.6 Å². The number of carbonyl (C=O) groups excluding carboxylic acids is 1. The molecule has 4 heteroatoms. The lowest BCUT2D eigenvalue weighted by molar-refractivity contribution is 0.0945. The summed E-state index contributed by atoms with van der Waals surface area (Å²) in [5.74, 6) is 1.06. The molecule has 1 N–H and O–H groups in total. The highest BCUT2D eigenvalue weighted by molar-refractivity contribution is 6.17. The Kier molecular flexibility index (Phi) is 6.73. The van der Waals surface area contributed by atoms with Crippen LogP contribution in [0.1, 0.15) is 42.1 Å². The van der Waals surface area contributed by atoms with Crippen molar-refractivity contribution in [1.82, 2.24) is 10.3 Å². The Labute approximate surface area is 114 Å². The predicted octanol–water partition coefficient (Wildman–Crippen LogP) is 3.17. The number of pyridine rings is 1. The summed E-state index contributed by atoms with van der Waals surface area (Å²) in [4.78, 5) is 15.9. The number of hydrogen-bond donors (Lipinski definition) is 1. The third kappa shape index (κ3) is 5.05. The molecule has 1 heterocycles. The summed E-state index contributed by atoms with van der Waals surface area (Å²) in [6.45, 7) is 4.76. The second-order valence-electron chi connectivity index (χ2n) is 4.59. The second-order valence-corrected chi connectivity index (χ2v) is 4.97. The summed E-state index contributed by atoms with van der Waals surface area (Å²) >= 11 is 5.76. The van der Waals surface area contributed by atoms with Gasteiger partial charge in [-0.25, -0.2) is 0 Å². The quantitative estimate of drug-likeness (QED) is 0.772. The highest BCUT2D eigenvalue weighted by Crippen LogP contribution is 2.11. The fraction of sp³-hybridized carbons (Fsp3) is 0.571. The maximum absolute atomic E-state index is 11.9. The van der Waals surface area contributed by atoms with E-state index >= 15 is 0 Å².